The van der Waals surface area contributed by atoms with E-state index in [1.807, 2.05) is 46.7 Å². The van der Waals surface area contributed by atoms with E-state index in [1.54, 1.807) is 6.07 Å². The van der Waals surface area contributed by atoms with Crippen molar-refractivity contribution >= 4 is 23.2 Å². The van der Waals surface area contributed by atoms with Gasteiger partial charge in [0.1, 0.15) is 6.04 Å². The highest BCUT2D eigenvalue weighted by molar-refractivity contribution is 7.12. The molecule has 0 saturated carbocycles. The van der Waals surface area contributed by atoms with E-state index in [0.717, 1.165) is 31.5 Å². The van der Waals surface area contributed by atoms with E-state index >= 15 is 0 Å². The van der Waals surface area contributed by atoms with Crippen LogP contribution in [-0.2, 0) is 11.2 Å². The largest absolute Gasteiger partial charge is 0.341 e. The highest BCUT2D eigenvalue weighted by Gasteiger charge is 2.29. The van der Waals surface area contributed by atoms with Gasteiger partial charge in [-0.15, -0.1) is 11.3 Å². The van der Waals surface area contributed by atoms with Gasteiger partial charge in [-0.25, -0.2) is 0 Å². The second-order valence-corrected chi connectivity index (χ2v) is 7.65. The van der Waals surface area contributed by atoms with Crippen LogP contribution >= 0.6 is 11.3 Å². The lowest BCUT2D eigenvalue weighted by molar-refractivity contribution is -0.134. The summed E-state index contributed by atoms with van der Waals surface area (Å²) in [6.07, 6.45) is 2.58. The number of likely N-dealkylation sites (tertiary alicyclic amines) is 1. The van der Waals surface area contributed by atoms with Crippen molar-refractivity contribution in [2.45, 2.75) is 32.2 Å². The van der Waals surface area contributed by atoms with Gasteiger partial charge in [-0.1, -0.05) is 43.3 Å². The van der Waals surface area contributed by atoms with E-state index in [-0.39, 0.29) is 11.8 Å². The summed E-state index contributed by atoms with van der Waals surface area (Å²) in [4.78, 5) is 28.0. The SMILES string of the molecule is CC1CCN(C(=O)[C@H](Cc2ccccc2)NC(=O)c2cccs2)CC1. The third-order valence-electron chi connectivity index (χ3n) is 4.73. The molecule has 5 heteroatoms. The average molecular weight is 356 g/mol. The van der Waals surface area contributed by atoms with E-state index in [2.05, 4.69) is 12.2 Å². The molecule has 2 aromatic rings. The summed E-state index contributed by atoms with van der Waals surface area (Å²) in [5, 5.41) is 4.83. The van der Waals surface area contributed by atoms with E-state index in [4.69, 9.17) is 0 Å². The number of rotatable bonds is 5. The fraction of sp³-hybridized carbons (Fsp3) is 0.400. The lowest BCUT2D eigenvalue weighted by atomic mass is 9.97. The second-order valence-electron chi connectivity index (χ2n) is 6.70. The van der Waals surface area contributed by atoms with Gasteiger partial charge in [0.2, 0.25) is 5.91 Å². The molecule has 0 unspecified atom stereocenters. The number of amides is 2. The Morgan fingerprint density at radius 1 is 1.16 bits per heavy atom. The maximum Gasteiger partial charge on any atom is 0.262 e. The summed E-state index contributed by atoms with van der Waals surface area (Å²) in [6, 6.07) is 13.0. The van der Waals surface area contributed by atoms with Crippen LogP contribution in [0.15, 0.2) is 47.8 Å². The third kappa shape index (κ3) is 4.69. The van der Waals surface area contributed by atoms with Crippen LogP contribution in [-0.4, -0.2) is 35.8 Å². The minimum atomic E-state index is -0.523. The first kappa shape index (κ1) is 17.7. The van der Waals surface area contributed by atoms with Crippen molar-refractivity contribution in [1.29, 1.82) is 0 Å². The lowest BCUT2D eigenvalue weighted by Gasteiger charge is -2.33. The molecule has 0 bridgehead atoms. The molecule has 0 spiro atoms. The van der Waals surface area contributed by atoms with Crippen LogP contribution in [0.1, 0.15) is 35.0 Å². The van der Waals surface area contributed by atoms with Gasteiger partial charge in [0.25, 0.3) is 5.91 Å². The zero-order chi connectivity index (χ0) is 17.6. The maximum absolute atomic E-state index is 13.0. The Morgan fingerprint density at radius 2 is 1.88 bits per heavy atom. The summed E-state index contributed by atoms with van der Waals surface area (Å²) in [5.41, 5.74) is 1.05. The first-order valence-electron chi connectivity index (χ1n) is 8.80. The van der Waals surface area contributed by atoms with Crippen LogP contribution < -0.4 is 5.32 Å². The van der Waals surface area contributed by atoms with E-state index in [0.29, 0.717) is 17.2 Å². The summed E-state index contributed by atoms with van der Waals surface area (Å²) in [7, 11) is 0. The molecule has 1 N–H and O–H groups in total. The molecule has 3 rings (SSSR count). The summed E-state index contributed by atoms with van der Waals surface area (Å²) < 4.78 is 0. The molecular formula is C20H24N2O2S. The van der Waals surface area contributed by atoms with Gasteiger partial charge in [0.05, 0.1) is 4.88 Å². The zero-order valence-corrected chi connectivity index (χ0v) is 15.3. The predicted octanol–water partition coefficient (Wildman–Crippen LogP) is 3.35. The average Bonchev–Trinajstić information content (AvgIpc) is 3.17. The van der Waals surface area contributed by atoms with Crippen LogP contribution in [0.5, 0.6) is 0 Å². The van der Waals surface area contributed by atoms with E-state index in [1.165, 1.54) is 11.3 Å². The molecule has 25 heavy (non-hydrogen) atoms. The van der Waals surface area contributed by atoms with Gasteiger partial charge in [-0.2, -0.15) is 0 Å². The van der Waals surface area contributed by atoms with Gasteiger partial charge < -0.3 is 10.2 Å². The number of nitrogens with zero attached hydrogens (tertiary/aromatic N) is 1. The van der Waals surface area contributed by atoms with Crippen LogP contribution in [0, 0.1) is 5.92 Å². The fourth-order valence-corrected chi connectivity index (χ4v) is 3.76. The number of thiophene rings is 1. The first-order chi connectivity index (χ1) is 12.1. The molecule has 1 fully saturated rings. The number of benzene rings is 1. The molecule has 1 saturated heterocycles. The smallest absolute Gasteiger partial charge is 0.262 e. The van der Waals surface area contributed by atoms with Crippen LogP contribution in [0.25, 0.3) is 0 Å². The molecule has 1 aliphatic rings. The van der Waals surface area contributed by atoms with Crippen molar-refractivity contribution in [1.82, 2.24) is 10.2 Å². The first-order valence-corrected chi connectivity index (χ1v) is 9.68. The Hall–Kier alpha value is -2.14. The van der Waals surface area contributed by atoms with Crippen LogP contribution in [0.2, 0.25) is 0 Å². The van der Waals surface area contributed by atoms with E-state index in [9.17, 15) is 9.59 Å². The van der Waals surface area contributed by atoms with Gasteiger partial charge in [-0.3, -0.25) is 9.59 Å². The van der Waals surface area contributed by atoms with E-state index < -0.39 is 6.04 Å². The maximum atomic E-state index is 13.0. The Balaban J connectivity index is 1.73. The van der Waals surface area contributed by atoms with Crippen LogP contribution in [0.3, 0.4) is 0 Å². The Labute approximate surface area is 152 Å². The number of carbonyl (C=O) groups is 2. The van der Waals surface area contributed by atoms with Crippen molar-refractivity contribution < 1.29 is 9.59 Å². The fourth-order valence-electron chi connectivity index (χ4n) is 3.14. The quantitative estimate of drug-likeness (QED) is 0.893. The number of piperidine rings is 1. The molecule has 132 valence electrons. The minimum absolute atomic E-state index is 0.0284. The molecule has 1 atom stereocenters. The Bertz CT molecular complexity index is 692. The molecular weight excluding hydrogens is 332 g/mol. The number of carbonyl (C=O) groups excluding carboxylic acids is 2. The molecule has 2 amide bonds. The number of hydrogen-bond donors (Lipinski definition) is 1. The summed E-state index contributed by atoms with van der Waals surface area (Å²) in [5.74, 6) is 0.521. The Morgan fingerprint density at radius 3 is 2.52 bits per heavy atom. The summed E-state index contributed by atoms with van der Waals surface area (Å²) >= 11 is 1.39. The van der Waals surface area contributed by atoms with Gasteiger partial charge in [0, 0.05) is 19.5 Å². The second kappa shape index (κ2) is 8.30. The number of nitrogens with one attached hydrogen (secondary N) is 1. The standard InChI is InChI=1S/C20H24N2O2S/c1-15-9-11-22(12-10-15)20(24)17(14-16-6-3-2-4-7-16)21-19(23)18-8-5-13-25-18/h2-8,13,15,17H,9-12,14H2,1H3,(H,21,23)/t17-/m0/s1. The molecule has 4 nitrogen and oxygen atoms in total. The lowest BCUT2D eigenvalue weighted by Crippen LogP contribution is -2.51. The van der Waals surface area contributed by atoms with Crippen molar-refractivity contribution in [3.05, 3.63) is 58.3 Å². The third-order valence-corrected chi connectivity index (χ3v) is 5.59. The van der Waals surface area contributed by atoms with Crippen molar-refractivity contribution in [3.63, 3.8) is 0 Å². The van der Waals surface area contributed by atoms with Crippen molar-refractivity contribution in [3.8, 4) is 0 Å². The summed E-state index contributed by atoms with van der Waals surface area (Å²) in [6.45, 7) is 3.78. The highest BCUT2D eigenvalue weighted by atomic mass is 32.1. The molecule has 0 radical (unpaired) electrons. The van der Waals surface area contributed by atoms with Crippen molar-refractivity contribution in [2.75, 3.05) is 13.1 Å². The van der Waals surface area contributed by atoms with Gasteiger partial charge in [-0.05, 0) is 35.8 Å². The predicted molar refractivity (Wildman–Crippen MR) is 101 cm³/mol. The highest BCUT2D eigenvalue weighted by Crippen LogP contribution is 2.18. The zero-order valence-electron chi connectivity index (χ0n) is 14.5. The molecule has 0 aliphatic carbocycles. The topological polar surface area (TPSA) is 49.4 Å². The van der Waals surface area contributed by atoms with Crippen molar-refractivity contribution in [2.24, 2.45) is 5.92 Å². The molecule has 1 aromatic heterocycles. The molecule has 1 aliphatic heterocycles. The Kier molecular flexibility index (Phi) is 5.87. The number of hydrogen-bond acceptors (Lipinski definition) is 3. The molecule has 2 heterocycles. The normalized spacial score (nSPS) is 16.4. The van der Waals surface area contributed by atoms with Gasteiger partial charge in [0.15, 0.2) is 0 Å². The van der Waals surface area contributed by atoms with Crippen LogP contribution in [0.4, 0.5) is 0 Å². The van der Waals surface area contributed by atoms with Gasteiger partial charge >= 0.3 is 0 Å². The molecule has 1 aromatic carbocycles. The minimum Gasteiger partial charge on any atom is -0.341 e. The monoisotopic (exact) mass is 356 g/mol.